The van der Waals surface area contributed by atoms with E-state index in [1.54, 1.807) is 0 Å². The van der Waals surface area contributed by atoms with Crippen LogP contribution in [0.4, 0.5) is 0 Å². The van der Waals surface area contributed by atoms with Crippen molar-refractivity contribution in [3.8, 4) is 0 Å². The lowest BCUT2D eigenvalue weighted by Gasteiger charge is -2.38. The van der Waals surface area contributed by atoms with Gasteiger partial charge in [0.15, 0.2) is 14.8 Å². The highest BCUT2D eigenvalue weighted by molar-refractivity contribution is 7.93. The summed E-state index contributed by atoms with van der Waals surface area (Å²) < 4.78 is 49.8. The first kappa shape index (κ1) is 11.9. The summed E-state index contributed by atoms with van der Waals surface area (Å²) in [7, 11) is -7.17. The maximum absolute atomic E-state index is 11.3. The standard InChI is InChI=1S/C7H14O5S2/c1-3-14(10,11)12-7(5-4-6-7)13(2,8)9/h3-6H2,1-2H3. The van der Waals surface area contributed by atoms with Gasteiger partial charge in [-0.05, 0) is 26.2 Å². The van der Waals surface area contributed by atoms with Crippen LogP contribution in [0.25, 0.3) is 0 Å². The van der Waals surface area contributed by atoms with E-state index in [4.69, 9.17) is 4.18 Å². The Morgan fingerprint density at radius 3 is 1.93 bits per heavy atom. The zero-order valence-electron chi connectivity index (χ0n) is 8.19. The molecule has 1 aliphatic rings. The van der Waals surface area contributed by atoms with E-state index < -0.39 is 24.9 Å². The Kier molecular flexibility index (Phi) is 2.95. The monoisotopic (exact) mass is 242 g/mol. The van der Waals surface area contributed by atoms with Crippen LogP contribution in [0.3, 0.4) is 0 Å². The summed E-state index contributed by atoms with van der Waals surface area (Å²) in [6, 6.07) is 0. The second kappa shape index (κ2) is 3.46. The quantitative estimate of drug-likeness (QED) is 0.662. The lowest BCUT2D eigenvalue weighted by Crippen LogP contribution is -2.48. The van der Waals surface area contributed by atoms with Gasteiger partial charge >= 0.3 is 0 Å². The molecule has 84 valence electrons. The first-order valence-electron chi connectivity index (χ1n) is 4.35. The van der Waals surface area contributed by atoms with Crippen LogP contribution >= 0.6 is 0 Å². The molecular weight excluding hydrogens is 228 g/mol. The van der Waals surface area contributed by atoms with Gasteiger partial charge in [-0.25, -0.2) is 12.6 Å². The highest BCUT2D eigenvalue weighted by atomic mass is 32.2. The molecule has 14 heavy (non-hydrogen) atoms. The summed E-state index contributed by atoms with van der Waals surface area (Å²) in [5.74, 6) is -0.204. The predicted molar refractivity (Wildman–Crippen MR) is 52.0 cm³/mol. The average molecular weight is 242 g/mol. The smallest absolute Gasteiger partial charge is 0.247 e. The molecule has 0 heterocycles. The highest BCUT2D eigenvalue weighted by Gasteiger charge is 2.50. The minimum absolute atomic E-state index is 0.204. The van der Waals surface area contributed by atoms with Crippen LogP contribution in [-0.2, 0) is 24.1 Å². The van der Waals surface area contributed by atoms with E-state index in [1.165, 1.54) is 6.92 Å². The van der Waals surface area contributed by atoms with Crippen LogP contribution < -0.4 is 0 Å². The molecule has 1 saturated carbocycles. The van der Waals surface area contributed by atoms with Gasteiger partial charge in [0.2, 0.25) is 0 Å². The van der Waals surface area contributed by atoms with Crippen LogP contribution in [0.5, 0.6) is 0 Å². The second-order valence-corrected chi connectivity index (χ2v) is 7.61. The van der Waals surface area contributed by atoms with Crippen molar-refractivity contribution in [2.45, 2.75) is 31.1 Å². The molecule has 0 aromatic rings. The zero-order valence-corrected chi connectivity index (χ0v) is 9.82. The van der Waals surface area contributed by atoms with Gasteiger partial charge in [-0.3, -0.25) is 0 Å². The van der Waals surface area contributed by atoms with Gasteiger partial charge in [-0.1, -0.05) is 0 Å². The van der Waals surface area contributed by atoms with Crippen molar-refractivity contribution in [1.82, 2.24) is 0 Å². The molecule has 0 aliphatic heterocycles. The molecule has 0 atom stereocenters. The summed E-state index contributed by atoms with van der Waals surface area (Å²) in [4.78, 5) is -1.47. The van der Waals surface area contributed by atoms with Crippen molar-refractivity contribution in [2.75, 3.05) is 12.0 Å². The average Bonchev–Trinajstić information content (AvgIpc) is 1.95. The summed E-state index contributed by atoms with van der Waals surface area (Å²) in [6.07, 6.45) is 2.24. The molecule has 0 amide bonds. The topological polar surface area (TPSA) is 77.5 Å². The van der Waals surface area contributed by atoms with Gasteiger partial charge in [-0.15, -0.1) is 0 Å². The second-order valence-electron chi connectivity index (χ2n) is 3.47. The Morgan fingerprint density at radius 1 is 1.21 bits per heavy atom. The molecular formula is C7H14O5S2. The van der Waals surface area contributed by atoms with Gasteiger partial charge in [0.25, 0.3) is 10.1 Å². The molecule has 1 aliphatic carbocycles. The molecule has 0 saturated heterocycles. The highest BCUT2D eigenvalue weighted by Crippen LogP contribution is 2.41. The fourth-order valence-electron chi connectivity index (χ4n) is 1.27. The molecule has 1 fully saturated rings. The molecule has 0 spiro atoms. The van der Waals surface area contributed by atoms with E-state index in [0.717, 1.165) is 6.26 Å². The van der Waals surface area contributed by atoms with Crippen LogP contribution in [0, 0.1) is 0 Å². The Bertz CT molecular complexity index is 401. The SMILES string of the molecule is CCS(=O)(=O)OC1(S(C)(=O)=O)CCC1. The fraction of sp³-hybridized carbons (Fsp3) is 1.00. The van der Waals surface area contributed by atoms with Gasteiger partial charge in [0, 0.05) is 6.26 Å². The number of sulfone groups is 1. The fourth-order valence-corrected chi connectivity index (χ4v) is 3.85. The predicted octanol–water partition coefficient (Wildman–Crippen LogP) is 0.277. The third kappa shape index (κ3) is 2.09. The van der Waals surface area contributed by atoms with E-state index >= 15 is 0 Å². The molecule has 1 rings (SSSR count). The maximum atomic E-state index is 11.3. The Hall–Kier alpha value is -0.140. The third-order valence-corrected chi connectivity index (χ3v) is 5.65. The molecule has 0 aromatic heterocycles. The molecule has 0 radical (unpaired) electrons. The van der Waals surface area contributed by atoms with Crippen LogP contribution in [-0.4, -0.2) is 33.8 Å². The summed E-state index contributed by atoms with van der Waals surface area (Å²) in [5.41, 5.74) is 0. The van der Waals surface area contributed by atoms with Gasteiger partial charge in [0.1, 0.15) is 0 Å². The van der Waals surface area contributed by atoms with E-state index in [9.17, 15) is 16.8 Å². The van der Waals surface area contributed by atoms with Crippen LogP contribution in [0.15, 0.2) is 0 Å². The zero-order chi connectivity index (χ0) is 11.0. The van der Waals surface area contributed by atoms with Crippen molar-refractivity contribution in [3.05, 3.63) is 0 Å². The largest absolute Gasteiger partial charge is 0.268 e. The van der Waals surface area contributed by atoms with E-state index in [0.29, 0.717) is 6.42 Å². The maximum Gasteiger partial charge on any atom is 0.268 e. The van der Waals surface area contributed by atoms with E-state index in [2.05, 4.69) is 0 Å². The van der Waals surface area contributed by atoms with Crippen molar-refractivity contribution < 1.29 is 21.0 Å². The minimum atomic E-state index is -3.70. The van der Waals surface area contributed by atoms with Gasteiger partial charge < -0.3 is 0 Å². The number of hydrogen-bond acceptors (Lipinski definition) is 5. The normalized spacial score (nSPS) is 21.6. The minimum Gasteiger partial charge on any atom is -0.247 e. The lowest BCUT2D eigenvalue weighted by atomic mass is 9.96. The molecule has 5 nitrogen and oxygen atoms in total. The van der Waals surface area contributed by atoms with Crippen molar-refractivity contribution in [1.29, 1.82) is 0 Å². The molecule has 7 heteroatoms. The summed E-state index contributed by atoms with van der Waals surface area (Å²) in [5, 5.41) is 0. The lowest BCUT2D eigenvalue weighted by molar-refractivity contribution is 0.0805. The third-order valence-electron chi connectivity index (χ3n) is 2.42. The number of hydrogen-bond donors (Lipinski definition) is 0. The molecule has 0 unspecified atom stereocenters. The number of rotatable bonds is 4. The first-order valence-corrected chi connectivity index (χ1v) is 7.82. The van der Waals surface area contributed by atoms with Crippen LogP contribution in [0.2, 0.25) is 0 Å². The summed E-state index contributed by atoms with van der Waals surface area (Å²) >= 11 is 0. The first-order chi connectivity index (χ1) is 6.22. The Morgan fingerprint density at radius 2 is 1.71 bits per heavy atom. The molecule has 0 N–H and O–H groups in total. The van der Waals surface area contributed by atoms with E-state index in [1.807, 2.05) is 0 Å². The Labute approximate surface area is 84.5 Å². The molecule has 0 aromatic carbocycles. The van der Waals surface area contributed by atoms with Gasteiger partial charge in [0.05, 0.1) is 5.75 Å². The molecule has 0 bridgehead atoms. The van der Waals surface area contributed by atoms with Gasteiger partial charge in [-0.2, -0.15) is 8.42 Å². The van der Waals surface area contributed by atoms with Crippen molar-refractivity contribution in [2.24, 2.45) is 0 Å². The van der Waals surface area contributed by atoms with Crippen molar-refractivity contribution >= 4 is 20.0 Å². The van der Waals surface area contributed by atoms with Crippen molar-refractivity contribution in [3.63, 3.8) is 0 Å². The summed E-state index contributed by atoms with van der Waals surface area (Å²) in [6.45, 7) is 1.42. The Balaban J connectivity index is 2.95. The van der Waals surface area contributed by atoms with E-state index in [-0.39, 0.29) is 18.6 Å². The van der Waals surface area contributed by atoms with Crippen LogP contribution in [0.1, 0.15) is 26.2 Å².